The lowest BCUT2D eigenvalue weighted by Gasteiger charge is -2.29. The molecule has 1 saturated heterocycles. The van der Waals surface area contributed by atoms with Crippen LogP contribution in [-0.4, -0.2) is 37.0 Å². The molecule has 1 N–H and O–H groups in total. The van der Waals surface area contributed by atoms with Crippen molar-refractivity contribution in [3.05, 3.63) is 57.6 Å². The lowest BCUT2D eigenvalue weighted by atomic mass is 10.1. The molecule has 1 aliphatic rings. The summed E-state index contributed by atoms with van der Waals surface area (Å²) in [5.41, 5.74) is 2.00. The van der Waals surface area contributed by atoms with E-state index in [-0.39, 0.29) is 12.0 Å². The standard InChI is InChI=1S/C20H22Cl2N2O2/c1-13-3-5-18(17(22)11-13)23-20(25)16-12-14(21)4-6-19(16)26-15-7-9-24(2)10-8-15/h3-6,11-12,15H,7-10H2,1-2H3,(H,23,25). The molecule has 0 atom stereocenters. The zero-order chi connectivity index (χ0) is 18.7. The third-order valence-corrected chi connectivity index (χ3v) is 5.07. The molecule has 1 heterocycles. The Hall–Kier alpha value is -1.75. The Morgan fingerprint density at radius 3 is 2.58 bits per heavy atom. The van der Waals surface area contributed by atoms with Gasteiger partial charge in [0.1, 0.15) is 11.9 Å². The first kappa shape index (κ1) is 19.0. The molecule has 26 heavy (non-hydrogen) atoms. The van der Waals surface area contributed by atoms with E-state index in [4.69, 9.17) is 27.9 Å². The third kappa shape index (κ3) is 4.70. The Balaban J connectivity index is 1.79. The number of ether oxygens (including phenoxy) is 1. The van der Waals surface area contributed by atoms with Crippen molar-refractivity contribution in [2.24, 2.45) is 0 Å². The molecule has 138 valence electrons. The van der Waals surface area contributed by atoms with Crippen LogP contribution >= 0.6 is 23.2 Å². The van der Waals surface area contributed by atoms with Gasteiger partial charge in [-0.1, -0.05) is 29.3 Å². The molecule has 4 nitrogen and oxygen atoms in total. The van der Waals surface area contributed by atoms with Crippen molar-refractivity contribution in [3.63, 3.8) is 0 Å². The average molecular weight is 393 g/mol. The molecule has 1 fully saturated rings. The van der Waals surface area contributed by atoms with Crippen molar-refractivity contribution in [3.8, 4) is 5.75 Å². The Bertz CT molecular complexity index is 802. The summed E-state index contributed by atoms with van der Waals surface area (Å²) in [6.07, 6.45) is 1.97. The number of halogens is 2. The minimum absolute atomic E-state index is 0.0990. The van der Waals surface area contributed by atoms with E-state index in [0.29, 0.717) is 27.0 Å². The van der Waals surface area contributed by atoms with E-state index in [9.17, 15) is 4.79 Å². The van der Waals surface area contributed by atoms with Gasteiger partial charge in [-0.15, -0.1) is 0 Å². The first-order valence-corrected chi connectivity index (χ1v) is 9.40. The van der Waals surface area contributed by atoms with E-state index in [0.717, 1.165) is 31.5 Å². The summed E-state index contributed by atoms with van der Waals surface area (Å²) in [6.45, 7) is 3.92. The summed E-state index contributed by atoms with van der Waals surface area (Å²) < 4.78 is 6.12. The van der Waals surface area contributed by atoms with E-state index >= 15 is 0 Å². The van der Waals surface area contributed by atoms with Crippen LogP contribution in [0.15, 0.2) is 36.4 Å². The second-order valence-corrected chi connectivity index (χ2v) is 7.54. The molecule has 0 unspecified atom stereocenters. The fraction of sp³-hybridized carbons (Fsp3) is 0.350. The minimum atomic E-state index is -0.291. The number of likely N-dealkylation sites (tertiary alicyclic amines) is 1. The van der Waals surface area contributed by atoms with E-state index in [2.05, 4.69) is 17.3 Å². The lowest BCUT2D eigenvalue weighted by molar-refractivity contribution is 0.0989. The normalized spacial score (nSPS) is 15.7. The zero-order valence-corrected chi connectivity index (χ0v) is 16.4. The van der Waals surface area contributed by atoms with Gasteiger partial charge < -0.3 is 15.0 Å². The topological polar surface area (TPSA) is 41.6 Å². The molecule has 1 aliphatic heterocycles. The zero-order valence-electron chi connectivity index (χ0n) is 14.9. The van der Waals surface area contributed by atoms with Gasteiger partial charge in [-0.25, -0.2) is 0 Å². The maximum Gasteiger partial charge on any atom is 0.259 e. The summed E-state index contributed by atoms with van der Waals surface area (Å²) >= 11 is 12.3. The fourth-order valence-corrected chi connectivity index (χ4v) is 3.43. The first-order valence-electron chi connectivity index (χ1n) is 8.64. The van der Waals surface area contributed by atoms with Gasteiger partial charge in [0.25, 0.3) is 5.91 Å². The highest BCUT2D eigenvalue weighted by Crippen LogP contribution is 2.29. The number of nitrogens with one attached hydrogen (secondary N) is 1. The number of aryl methyl sites for hydroxylation is 1. The van der Waals surface area contributed by atoms with Crippen LogP contribution in [0.4, 0.5) is 5.69 Å². The highest BCUT2D eigenvalue weighted by atomic mass is 35.5. The Kier molecular flexibility index (Phi) is 6.07. The Morgan fingerprint density at radius 1 is 1.15 bits per heavy atom. The molecule has 0 aromatic heterocycles. The monoisotopic (exact) mass is 392 g/mol. The van der Waals surface area contributed by atoms with Crippen molar-refractivity contribution in [2.45, 2.75) is 25.9 Å². The number of rotatable bonds is 4. The number of amides is 1. The van der Waals surface area contributed by atoms with Gasteiger partial charge >= 0.3 is 0 Å². The van der Waals surface area contributed by atoms with Crippen LogP contribution in [0.1, 0.15) is 28.8 Å². The van der Waals surface area contributed by atoms with E-state index in [1.54, 1.807) is 24.3 Å². The predicted molar refractivity (Wildman–Crippen MR) is 107 cm³/mol. The van der Waals surface area contributed by atoms with Crippen molar-refractivity contribution < 1.29 is 9.53 Å². The van der Waals surface area contributed by atoms with Gasteiger partial charge in [-0.05, 0) is 62.7 Å². The molecule has 2 aromatic rings. The van der Waals surface area contributed by atoms with Crippen molar-refractivity contribution in [2.75, 3.05) is 25.5 Å². The second kappa shape index (κ2) is 8.30. The van der Waals surface area contributed by atoms with Gasteiger partial charge in [0.15, 0.2) is 0 Å². The highest BCUT2D eigenvalue weighted by Gasteiger charge is 2.21. The van der Waals surface area contributed by atoms with Crippen molar-refractivity contribution in [1.29, 1.82) is 0 Å². The maximum atomic E-state index is 12.8. The average Bonchev–Trinajstić information content (AvgIpc) is 2.61. The predicted octanol–water partition coefficient (Wildman–Crippen LogP) is 5.03. The molecule has 6 heteroatoms. The number of anilines is 1. The molecular weight excluding hydrogens is 371 g/mol. The number of carbonyl (C=O) groups excluding carboxylic acids is 1. The number of hydrogen-bond acceptors (Lipinski definition) is 3. The van der Waals surface area contributed by atoms with Crippen LogP contribution in [-0.2, 0) is 0 Å². The molecule has 1 amide bonds. The van der Waals surface area contributed by atoms with Gasteiger partial charge in [0.2, 0.25) is 0 Å². The largest absolute Gasteiger partial charge is 0.489 e. The van der Waals surface area contributed by atoms with Crippen LogP contribution in [0.3, 0.4) is 0 Å². The quantitative estimate of drug-likeness (QED) is 0.793. The number of hydrogen-bond donors (Lipinski definition) is 1. The summed E-state index contributed by atoms with van der Waals surface area (Å²) in [6, 6.07) is 10.6. The number of nitrogens with zero attached hydrogens (tertiary/aromatic N) is 1. The van der Waals surface area contributed by atoms with Crippen LogP contribution in [0.25, 0.3) is 0 Å². The number of carbonyl (C=O) groups is 1. The smallest absolute Gasteiger partial charge is 0.259 e. The molecule has 2 aromatic carbocycles. The molecular formula is C20H22Cl2N2O2. The van der Waals surface area contributed by atoms with Gasteiger partial charge in [-0.2, -0.15) is 0 Å². The first-order chi connectivity index (χ1) is 12.4. The van der Waals surface area contributed by atoms with E-state index in [1.807, 2.05) is 19.1 Å². The van der Waals surface area contributed by atoms with Crippen molar-refractivity contribution in [1.82, 2.24) is 4.90 Å². The van der Waals surface area contributed by atoms with Crippen LogP contribution in [0.2, 0.25) is 10.0 Å². The summed E-state index contributed by atoms with van der Waals surface area (Å²) in [7, 11) is 2.10. The molecule has 0 spiro atoms. The van der Waals surface area contributed by atoms with Gasteiger partial charge in [0, 0.05) is 18.1 Å². The Morgan fingerprint density at radius 2 is 1.88 bits per heavy atom. The van der Waals surface area contributed by atoms with Crippen LogP contribution in [0, 0.1) is 6.92 Å². The fourth-order valence-electron chi connectivity index (χ4n) is 2.98. The SMILES string of the molecule is Cc1ccc(NC(=O)c2cc(Cl)ccc2OC2CCN(C)CC2)c(Cl)c1. The molecule has 3 rings (SSSR count). The minimum Gasteiger partial charge on any atom is -0.489 e. The van der Waals surface area contributed by atoms with Crippen molar-refractivity contribution >= 4 is 34.8 Å². The number of piperidine rings is 1. The maximum absolute atomic E-state index is 12.8. The van der Waals surface area contributed by atoms with E-state index in [1.165, 1.54) is 0 Å². The van der Waals surface area contributed by atoms with Crippen LogP contribution in [0.5, 0.6) is 5.75 Å². The Labute approximate surface area is 164 Å². The van der Waals surface area contributed by atoms with Crippen LogP contribution < -0.4 is 10.1 Å². The molecule has 0 saturated carbocycles. The summed E-state index contributed by atoms with van der Waals surface area (Å²) in [4.78, 5) is 15.1. The third-order valence-electron chi connectivity index (χ3n) is 4.52. The second-order valence-electron chi connectivity index (χ2n) is 6.70. The molecule has 0 aliphatic carbocycles. The lowest BCUT2D eigenvalue weighted by Crippen LogP contribution is -2.36. The highest BCUT2D eigenvalue weighted by molar-refractivity contribution is 6.34. The number of benzene rings is 2. The van der Waals surface area contributed by atoms with Gasteiger partial charge in [-0.3, -0.25) is 4.79 Å². The summed E-state index contributed by atoms with van der Waals surface area (Å²) in [5, 5.41) is 3.83. The van der Waals surface area contributed by atoms with Gasteiger partial charge in [0.05, 0.1) is 16.3 Å². The molecule has 0 bridgehead atoms. The molecule has 0 radical (unpaired) electrons. The summed E-state index contributed by atoms with van der Waals surface area (Å²) in [5.74, 6) is 0.255. The van der Waals surface area contributed by atoms with E-state index < -0.39 is 0 Å².